The number of hydrogen-bond acceptors (Lipinski definition) is 2. The molecule has 0 aromatic carbocycles. The largest absolute Gasteiger partial charge is 0.315 e. The topological polar surface area (TPSA) is 24.1 Å². The maximum absolute atomic E-state index is 3.64. The molecule has 0 aromatic heterocycles. The van der Waals surface area contributed by atoms with E-state index in [1.165, 1.54) is 64.3 Å². The predicted octanol–water partition coefficient (Wildman–Crippen LogP) is 3.71. The van der Waals surface area contributed by atoms with Gasteiger partial charge in [-0.3, -0.25) is 0 Å². The van der Waals surface area contributed by atoms with Crippen molar-refractivity contribution in [3.05, 3.63) is 0 Å². The van der Waals surface area contributed by atoms with E-state index >= 15 is 0 Å². The van der Waals surface area contributed by atoms with Gasteiger partial charge in [0.25, 0.3) is 0 Å². The van der Waals surface area contributed by atoms with Gasteiger partial charge in [0.05, 0.1) is 0 Å². The van der Waals surface area contributed by atoms with Crippen molar-refractivity contribution in [3.8, 4) is 0 Å². The second-order valence-electron chi connectivity index (χ2n) is 6.28. The van der Waals surface area contributed by atoms with Gasteiger partial charge in [0.1, 0.15) is 0 Å². The molecule has 0 radical (unpaired) electrons. The van der Waals surface area contributed by atoms with E-state index in [-0.39, 0.29) is 0 Å². The van der Waals surface area contributed by atoms with Crippen LogP contribution in [-0.2, 0) is 0 Å². The van der Waals surface area contributed by atoms with Gasteiger partial charge < -0.3 is 10.6 Å². The lowest BCUT2D eigenvalue weighted by atomic mass is 10.0. The lowest BCUT2D eigenvalue weighted by molar-refractivity contribution is 0.493. The van der Waals surface area contributed by atoms with Gasteiger partial charge in [-0.1, -0.05) is 52.4 Å². The zero-order chi connectivity index (χ0) is 13.1. The summed E-state index contributed by atoms with van der Waals surface area (Å²) in [5.74, 6) is 0.879. The molecule has 0 unspecified atom stereocenters. The first-order valence-corrected chi connectivity index (χ1v) is 8.23. The minimum atomic E-state index is 0.822. The Labute approximate surface area is 114 Å². The van der Waals surface area contributed by atoms with Gasteiger partial charge in [-0.2, -0.15) is 0 Å². The second-order valence-corrected chi connectivity index (χ2v) is 6.28. The molecule has 1 saturated carbocycles. The summed E-state index contributed by atoms with van der Waals surface area (Å²) in [7, 11) is 0. The zero-order valence-corrected chi connectivity index (χ0v) is 12.6. The maximum atomic E-state index is 3.64. The highest BCUT2D eigenvalue weighted by Crippen LogP contribution is 2.17. The standard InChI is InChI=1S/C16H34N2/c1-15(2)9-5-3-4-8-12-17-13-14-18-16-10-6-7-11-16/h15-18H,3-14H2,1-2H3. The summed E-state index contributed by atoms with van der Waals surface area (Å²) in [6.07, 6.45) is 12.6. The molecule has 0 bridgehead atoms. The Morgan fingerprint density at radius 1 is 0.889 bits per heavy atom. The van der Waals surface area contributed by atoms with E-state index in [0.717, 1.165) is 25.0 Å². The van der Waals surface area contributed by atoms with Crippen LogP contribution in [0, 0.1) is 5.92 Å². The minimum absolute atomic E-state index is 0.822. The van der Waals surface area contributed by atoms with Crippen molar-refractivity contribution in [1.29, 1.82) is 0 Å². The van der Waals surface area contributed by atoms with E-state index in [1.54, 1.807) is 0 Å². The molecule has 0 spiro atoms. The van der Waals surface area contributed by atoms with Crippen LogP contribution in [0.2, 0.25) is 0 Å². The first kappa shape index (κ1) is 16.0. The average molecular weight is 254 g/mol. The molecular weight excluding hydrogens is 220 g/mol. The molecule has 0 saturated heterocycles. The van der Waals surface area contributed by atoms with Crippen LogP contribution in [0.5, 0.6) is 0 Å². The van der Waals surface area contributed by atoms with Crippen LogP contribution in [0.4, 0.5) is 0 Å². The van der Waals surface area contributed by atoms with Crippen LogP contribution in [0.25, 0.3) is 0 Å². The van der Waals surface area contributed by atoms with Gasteiger partial charge >= 0.3 is 0 Å². The van der Waals surface area contributed by atoms with Crippen molar-refractivity contribution in [2.24, 2.45) is 5.92 Å². The van der Waals surface area contributed by atoms with Gasteiger partial charge in [-0.25, -0.2) is 0 Å². The minimum Gasteiger partial charge on any atom is -0.315 e. The van der Waals surface area contributed by atoms with Crippen LogP contribution in [0.1, 0.15) is 71.6 Å². The summed E-state index contributed by atoms with van der Waals surface area (Å²) < 4.78 is 0. The van der Waals surface area contributed by atoms with Crippen molar-refractivity contribution in [3.63, 3.8) is 0 Å². The van der Waals surface area contributed by atoms with E-state index in [9.17, 15) is 0 Å². The summed E-state index contributed by atoms with van der Waals surface area (Å²) >= 11 is 0. The Balaban J connectivity index is 1.70. The molecule has 1 aliphatic rings. The smallest absolute Gasteiger partial charge is 0.00793 e. The fourth-order valence-electron chi connectivity index (χ4n) is 2.78. The van der Waals surface area contributed by atoms with E-state index in [0.29, 0.717) is 0 Å². The van der Waals surface area contributed by atoms with Gasteiger partial charge in [-0.15, -0.1) is 0 Å². The molecule has 18 heavy (non-hydrogen) atoms. The first-order valence-electron chi connectivity index (χ1n) is 8.23. The Kier molecular flexibility index (Phi) is 9.59. The molecule has 2 N–H and O–H groups in total. The normalized spacial score (nSPS) is 16.8. The Morgan fingerprint density at radius 2 is 1.61 bits per heavy atom. The molecule has 0 amide bonds. The van der Waals surface area contributed by atoms with Crippen LogP contribution in [0.3, 0.4) is 0 Å². The quantitative estimate of drug-likeness (QED) is 0.549. The summed E-state index contributed by atoms with van der Waals surface area (Å²) in [6, 6.07) is 0.822. The number of nitrogens with one attached hydrogen (secondary N) is 2. The highest BCUT2D eigenvalue weighted by molar-refractivity contribution is 4.73. The zero-order valence-electron chi connectivity index (χ0n) is 12.6. The summed E-state index contributed by atoms with van der Waals surface area (Å²) in [6.45, 7) is 8.13. The molecule has 1 fully saturated rings. The Bertz CT molecular complexity index is 174. The number of unbranched alkanes of at least 4 members (excludes halogenated alkanes) is 3. The Hall–Kier alpha value is -0.0800. The average Bonchev–Trinajstić information content (AvgIpc) is 2.84. The second kappa shape index (κ2) is 10.8. The molecule has 1 rings (SSSR count). The monoisotopic (exact) mass is 254 g/mol. The van der Waals surface area contributed by atoms with Gasteiger partial charge in [0, 0.05) is 19.1 Å². The maximum Gasteiger partial charge on any atom is 0.00793 e. The predicted molar refractivity (Wildman–Crippen MR) is 81.1 cm³/mol. The van der Waals surface area contributed by atoms with Crippen LogP contribution >= 0.6 is 0 Å². The van der Waals surface area contributed by atoms with E-state index in [4.69, 9.17) is 0 Å². The highest BCUT2D eigenvalue weighted by Gasteiger charge is 2.12. The molecule has 2 nitrogen and oxygen atoms in total. The molecule has 0 atom stereocenters. The number of hydrogen-bond donors (Lipinski definition) is 2. The van der Waals surface area contributed by atoms with Crippen LogP contribution < -0.4 is 10.6 Å². The molecule has 0 aliphatic heterocycles. The van der Waals surface area contributed by atoms with Crippen molar-refractivity contribution in [2.45, 2.75) is 77.7 Å². The van der Waals surface area contributed by atoms with Gasteiger partial charge in [-0.05, 0) is 31.7 Å². The molecule has 1 aliphatic carbocycles. The molecule has 0 heterocycles. The third-order valence-electron chi connectivity index (χ3n) is 3.97. The molecule has 2 heteroatoms. The first-order chi connectivity index (χ1) is 8.79. The van der Waals surface area contributed by atoms with Crippen molar-refractivity contribution >= 4 is 0 Å². The van der Waals surface area contributed by atoms with Crippen molar-refractivity contribution < 1.29 is 0 Å². The Morgan fingerprint density at radius 3 is 2.33 bits per heavy atom. The third kappa shape index (κ3) is 8.93. The number of rotatable bonds is 11. The van der Waals surface area contributed by atoms with E-state index in [1.807, 2.05) is 0 Å². The summed E-state index contributed by atoms with van der Waals surface area (Å²) in [4.78, 5) is 0. The lowest BCUT2D eigenvalue weighted by Crippen LogP contribution is -2.33. The van der Waals surface area contributed by atoms with Crippen LogP contribution in [0.15, 0.2) is 0 Å². The third-order valence-corrected chi connectivity index (χ3v) is 3.97. The molecule has 108 valence electrons. The molecular formula is C16H34N2. The summed E-state index contributed by atoms with van der Waals surface area (Å²) in [5, 5.41) is 7.19. The van der Waals surface area contributed by atoms with Gasteiger partial charge in [0.2, 0.25) is 0 Å². The fourth-order valence-corrected chi connectivity index (χ4v) is 2.78. The fraction of sp³-hybridized carbons (Fsp3) is 1.00. The van der Waals surface area contributed by atoms with E-state index < -0.39 is 0 Å². The highest BCUT2D eigenvalue weighted by atomic mass is 15.0. The van der Waals surface area contributed by atoms with E-state index in [2.05, 4.69) is 24.5 Å². The van der Waals surface area contributed by atoms with Gasteiger partial charge in [0.15, 0.2) is 0 Å². The lowest BCUT2D eigenvalue weighted by Gasteiger charge is -2.12. The van der Waals surface area contributed by atoms with Crippen LogP contribution in [-0.4, -0.2) is 25.7 Å². The molecule has 0 aromatic rings. The van der Waals surface area contributed by atoms with Crippen molar-refractivity contribution in [2.75, 3.05) is 19.6 Å². The summed E-state index contributed by atoms with van der Waals surface area (Å²) in [5.41, 5.74) is 0. The SMILES string of the molecule is CC(C)CCCCCCNCCNC1CCCC1. The van der Waals surface area contributed by atoms with Crippen molar-refractivity contribution in [1.82, 2.24) is 10.6 Å².